The van der Waals surface area contributed by atoms with Crippen molar-refractivity contribution in [2.45, 2.75) is 13.5 Å². The van der Waals surface area contributed by atoms with Crippen LogP contribution in [0.1, 0.15) is 21.6 Å². The number of nitrogens with one attached hydrogen (secondary N) is 3. The molecule has 0 spiro atoms. The van der Waals surface area contributed by atoms with Gasteiger partial charge in [-0.15, -0.1) is 0 Å². The fraction of sp³-hybridized carbons (Fsp3) is 0.160. The van der Waals surface area contributed by atoms with Gasteiger partial charge in [-0.3, -0.25) is 14.6 Å². The van der Waals surface area contributed by atoms with Crippen LogP contribution in [0.15, 0.2) is 59.7 Å². The van der Waals surface area contributed by atoms with Crippen LogP contribution in [0.25, 0.3) is 22.2 Å². The van der Waals surface area contributed by atoms with Crippen LogP contribution in [0, 0.1) is 24.1 Å². The van der Waals surface area contributed by atoms with E-state index < -0.39 is 23.1 Å². The van der Waals surface area contributed by atoms with Gasteiger partial charge in [-0.05, 0) is 55.0 Å². The number of aryl methyl sites for hydroxylation is 1. The van der Waals surface area contributed by atoms with Crippen molar-refractivity contribution in [1.82, 2.24) is 15.4 Å². The highest BCUT2D eigenvalue weighted by molar-refractivity contribution is 5.94. The minimum atomic E-state index is -1.12. The number of hydrogen-bond acceptors (Lipinski definition) is 8. The Hall–Kier alpha value is -4.35. The topological polar surface area (TPSA) is 133 Å². The number of rotatable bonds is 9. The van der Waals surface area contributed by atoms with Gasteiger partial charge in [0.1, 0.15) is 22.9 Å². The monoisotopic (exact) mass is 492 g/mol. The maximum atomic E-state index is 14.6. The Morgan fingerprint density at radius 3 is 2.58 bits per heavy atom. The van der Waals surface area contributed by atoms with Gasteiger partial charge in [0.25, 0.3) is 5.91 Å². The summed E-state index contributed by atoms with van der Waals surface area (Å²) < 4.78 is 29.2. The maximum absolute atomic E-state index is 14.6. The third kappa shape index (κ3) is 5.48. The normalized spacial score (nSPS) is 10.9. The van der Waals surface area contributed by atoms with Crippen molar-refractivity contribution < 1.29 is 23.5 Å². The van der Waals surface area contributed by atoms with Gasteiger partial charge in [0.2, 0.25) is 0 Å². The van der Waals surface area contributed by atoms with Crippen LogP contribution in [-0.2, 0) is 11.4 Å². The van der Waals surface area contributed by atoms with E-state index in [-0.39, 0.29) is 36.0 Å². The summed E-state index contributed by atoms with van der Waals surface area (Å²) >= 11 is 0. The summed E-state index contributed by atoms with van der Waals surface area (Å²) in [5, 5.41) is 16.2. The van der Waals surface area contributed by atoms with Gasteiger partial charge < -0.3 is 10.4 Å². The van der Waals surface area contributed by atoms with Gasteiger partial charge in [0, 0.05) is 23.2 Å². The smallest absolute Gasteiger partial charge is 0.280 e. The van der Waals surface area contributed by atoms with E-state index in [4.69, 9.17) is 10.6 Å². The molecule has 4 N–H and O–H groups in total. The van der Waals surface area contributed by atoms with Crippen molar-refractivity contribution in [3.63, 3.8) is 0 Å². The Kier molecular flexibility index (Phi) is 7.52. The minimum Gasteiger partial charge on any atom is -0.394 e. The zero-order chi connectivity index (χ0) is 25.7. The second kappa shape index (κ2) is 10.9. The molecule has 4 aromatic rings. The molecule has 36 heavy (non-hydrogen) atoms. The SMILES string of the molecule is Cc1ccc2cc(CNc3nc(-c4cc(F)c(C(=O)NOCCO)c(F)c4)ccc3N=N)ccc2n1. The maximum Gasteiger partial charge on any atom is 0.280 e. The molecule has 11 heteroatoms. The summed E-state index contributed by atoms with van der Waals surface area (Å²) in [5.41, 5.74) is 11.8. The molecule has 2 aromatic heterocycles. The molecule has 0 fully saturated rings. The van der Waals surface area contributed by atoms with Crippen LogP contribution in [0.3, 0.4) is 0 Å². The van der Waals surface area contributed by atoms with Crippen molar-refractivity contribution in [3.05, 3.63) is 83.1 Å². The summed E-state index contributed by atoms with van der Waals surface area (Å²) in [5.74, 6) is -3.09. The Balaban J connectivity index is 1.57. The summed E-state index contributed by atoms with van der Waals surface area (Å²) in [7, 11) is 0. The van der Waals surface area contributed by atoms with Gasteiger partial charge in [-0.1, -0.05) is 12.1 Å². The summed E-state index contributed by atoms with van der Waals surface area (Å²) in [6.07, 6.45) is 0. The standard InChI is InChI=1S/C25H22F2N6O3/c1-14-2-4-16-10-15(3-5-20(16)30-14)13-29-24-22(32-28)7-6-21(31-24)17-11-18(26)23(19(27)12-17)25(35)33-36-9-8-34/h2-7,10-12,28,34H,8-9,13H2,1H3,(H,29,31)(H,33,35). The first-order chi connectivity index (χ1) is 17.4. The Labute approximate surface area is 204 Å². The molecular formula is C25H22F2N6O3. The Bertz CT molecular complexity index is 1420. The van der Waals surface area contributed by atoms with Gasteiger partial charge >= 0.3 is 0 Å². The average molecular weight is 492 g/mol. The predicted molar refractivity (Wildman–Crippen MR) is 129 cm³/mol. The molecule has 0 saturated carbocycles. The van der Waals surface area contributed by atoms with E-state index in [1.165, 1.54) is 12.1 Å². The second-order valence-electron chi connectivity index (χ2n) is 7.83. The van der Waals surface area contributed by atoms with Crippen molar-refractivity contribution in [2.75, 3.05) is 18.5 Å². The number of amides is 1. The van der Waals surface area contributed by atoms with Crippen LogP contribution in [-0.4, -0.2) is 34.2 Å². The van der Waals surface area contributed by atoms with Crippen molar-refractivity contribution in [3.8, 4) is 11.3 Å². The zero-order valence-electron chi connectivity index (χ0n) is 19.2. The lowest BCUT2D eigenvalue weighted by Gasteiger charge is -2.12. The molecule has 0 atom stereocenters. The molecule has 0 aliphatic heterocycles. The molecule has 0 aliphatic rings. The van der Waals surface area contributed by atoms with E-state index in [1.54, 1.807) is 0 Å². The number of pyridine rings is 2. The number of aromatic nitrogens is 2. The molecule has 0 unspecified atom stereocenters. The number of halogens is 2. The van der Waals surface area contributed by atoms with Gasteiger partial charge in [-0.25, -0.2) is 24.8 Å². The third-order valence-electron chi connectivity index (χ3n) is 5.27. The van der Waals surface area contributed by atoms with E-state index in [0.717, 1.165) is 34.3 Å². The van der Waals surface area contributed by atoms with Crippen molar-refractivity contribution in [2.24, 2.45) is 5.11 Å². The second-order valence-corrected chi connectivity index (χ2v) is 7.83. The molecule has 0 saturated heterocycles. The number of nitrogens with zero attached hydrogens (tertiary/aromatic N) is 3. The van der Waals surface area contributed by atoms with Crippen LogP contribution < -0.4 is 10.8 Å². The van der Waals surface area contributed by atoms with Gasteiger partial charge in [-0.2, -0.15) is 5.11 Å². The van der Waals surface area contributed by atoms with E-state index in [1.807, 2.05) is 42.7 Å². The molecule has 2 heterocycles. The third-order valence-corrected chi connectivity index (χ3v) is 5.27. The van der Waals surface area contributed by atoms with Crippen LogP contribution in [0.4, 0.5) is 20.3 Å². The van der Waals surface area contributed by atoms with Crippen molar-refractivity contribution in [1.29, 1.82) is 5.53 Å². The fourth-order valence-electron chi connectivity index (χ4n) is 3.56. The summed E-state index contributed by atoms with van der Waals surface area (Å²) in [6, 6.07) is 14.7. The lowest BCUT2D eigenvalue weighted by Crippen LogP contribution is -2.27. The first kappa shape index (κ1) is 24.8. The zero-order valence-corrected chi connectivity index (χ0v) is 19.2. The Morgan fingerprint density at radius 1 is 1.08 bits per heavy atom. The number of hydrogen-bond donors (Lipinski definition) is 4. The molecule has 0 bridgehead atoms. The fourth-order valence-corrected chi connectivity index (χ4v) is 3.56. The highest BCUT2D eigenvalue weighted by Gasteiger charge is 2.20. The van der Waals surface area contributed by atoms with Crippen LogP contribution in [0.2, 0.25) is 0 Å². The highest BCUT2D eigenvalue weighted by atomic mass is 19.1. The van der Waals surface area contributed by atoms with Crippen molar-refractivity contribution >= 4 is 28.3 Å². The lowest BCUT2D eigenvalue weighted by molar-refractivity contribution is 0.0162. The van der Waals surface area contributed by atoms with E-state index in [9.17, 15) is 13.6 Å². The Morgan fingerprint density at radius 2 is 1.86 bits per heavy atom. The molecule has 184 valence electrons. The molecule has 1 amide bonds. The number of carbonyl (C=O) groups excluding carboxylic acids is 1. The molecule has 0 aliphatic carbocycles. The molecule has 2 aromatic carbocycles. The number of aliphatic hydroxyl groups is 1. The van der Waals surface area contributed by atoms with E-state index in [2.05, 4.69) is 25.2 Å². The number of fused-ring (bicyclic) bond motifs is 1. The number of benzene rings is 2. The number of carbonyl (C=O) groups is 1. The largest absolute Gasteiger partial charge is 0.394 e. The molecular weight excluding hydrogens is 470 g/mol. The van der Waals surface area contributed by atoms with Crippen LogP contribution in [0.5, 0.6) is 0 Å². The van der Waals surface area contributed by atoms with E-state index in [0.29, 0.717) is 6.54 Å². The minimum absolute atomic E-state index is 0.0876. The first-order valence-corrected chi connectivity index (χ1v) is 10.9. The summed E-state index contributed by atoms with van der Waals surface area (Å²) in [4.78, 5) is 25.5. The first-order valence-electron chi connectivity index (χ1n) is 10.9. The predicted octanol–water partition coefficient (Wildman–Crippen LogP) is 4.81. The quantitative estimate of drug-likeness (QED) is 0.151. The summed E-state index contributed by atoms with van der Waals surface area (Å²) in [6.45, 7) is 1.69. The van der Waals surface area contributed by atoms with E-state index >= 15 is 0 Å². The average Bonchev–Trinajstić information content (AvgIpc) is 2.87. The molecule has 0 radical (unpaired) electrons. The highest BCUT2D eigenvalue weighted by Crippen LogP contribution is 2.30. The van der Waals surface area contributed by atoms with Gasteiger partial charge in [0.05, 0.1) is 24.4 Å². The number of anilines is 1. The van der Waals surface area contributed by atoms with Crippen LogP contribution >= 0.6 is 0 Å². The number of aliphatic hydroxyl groups excluding tert-OH is 1. The van der Waals surface area contributed by atoms with Gasteiger partial charge in [0.15, 0.2) is 5.82 Å². The molecule has 9 nitrogen and oxygen atoms in total. The molecule has 4 rings (SSSR count). The number of hydroxylamine groups is 1. The lowest BCUT2D eigenvalue weighted by atomic mass is 10.1.